The molecule has 34 heavy (non-hydrogen) atoms. The van der Waals surface area contributed by atoms with Crippen molar-refractivity contribution in [2.45, 2.75) is 18.8 Å². The molecule has 0 atom stereocenters. The SMILES string of the molecule is O=C(c1ccc(Oc2ccccc2)cc1Cl)c1c[nH]c2ncc3[nH]c(C4CCNCC4)nc3c12. The zero-order valence-corrected chi connectivity index (χ0v) is 19.0. The Hall–Kier alpha value is -3.68. The van der Waals surface area contributed by atoms with E-state index in [9.17, 15) is 4.79 Å². The maximum atomic E-state index is 13.5. The van der Waals surface area contributed by atoms with Crippen LogP contribution < -0.4 is 10.1 Å². The number of nitrogens with one attached hydrogen (secondary N) is 3. The van der Waals surface area contributed by atoms with E-state index in [1.54, 1.807) is 30.6 Å². The van der Waals surface area contributed by atoms with Gasteiger partial charge in [-0.1, -0.05) is 29.8 Å². The molecule has 3 N–H and O–H groups in total. The lowest BCUT2D eigenvalue weighted by Crippen LogP contribution is -2.27. The summed E-state index contributed by atoms with van der Waals surface area (Å²) in [5.41, 5.74) is 3.10. The third-order valence-electron chi connectivity index (χ3n) is 6.30. The number of carbonyl (C=O) groups excluding carboxylic acids is 1. The van der Waals surface area contributed by atoms with Gasteiger partial charge in [0.1, 0.15) is 28.5 Å². The second-order valence-electron chi connectivity index (χ2n) is 8.48. The fourth-order valence-electron chi connectivity index (χ4n) is 4.55. The molecule has 0 aliphatic carbocycles. The molecular formula is C26H22ClN5O2. The normalized spacial score (nSPS) is 14.6. The van der Waals surface area contributed by atoms with Crippen molar-refractivity contribution in [1.82, 2.24) is 25.3 Å². The van der Waals surface area contributed by atoms with E-state index in [0.29, 0.717) is 44.6 Å². The Bertz CT molecular complexity index is 1500. The van der Waals surface area contributed by atoms with Gasteiger partial charge in [0.2, 0.25) is 0 Å². The molecule has 0 spiro atoms. The number of nitrogens with zero attached hydrogens (tertiary/aromatic N) is 2. The Morgan fingerprint density at radius 1 is 1.03 bits per heavy atom. The minimum absolute atomic E-state index is 0.191. The summed E-state index contributed by atoms with van der Waals surface area (Å²) in [5.74, 6) is 2.39. The van der Waals surface area contributed by atoms with E-state index in [4.69, 9.17) is 21.3 Å². The summed E-state index contributed by atoms with van der Waals surface area (Å²) < 4.78 is 5.84. The van der Waals surface area contributed by atoms with Gasteiger partial charge in [-0.2, -0.15) is 0 Å². The number of para-hydroxylation sites is 1. The summed E-state index contributed by atoms with van der Waals surface area (Å²) in [5, 5.41) is 4.42. The van der Waals surface area contributed by atoms with Crippen LogP contribution in [0.15, 0.2) is 60.9 Å². The van der Waals surface area contributed by atoms with Crippen molar-refractivity contribution < 1.29 is 9.53 Å². The van der Waals surface area contributed by atoms with E-state index < -0.39 is 0 Å². The van der Waals surface area contributed by atoms with Crippen LogP contribution in [-0.2, 0) is 0 Å². The van der Waals surface area contributed by atoms with Crippen molar-refractivity contribution in [3.05, 3.63) is 82.9 Å². The van der Waals surface area contributed by atoms with Gasteiger partial charge < -0.3 is 20.0 Å². The van der Waals surface area contributed by atoms with Gasteiger partial charge in [0, 0.05) is 23.7 Å². The van der Waals surface area contributed by atoms with Crippen LogP contribution in [0.1, 0.15) is 40.5 Å². The standard InChI is InChI=1S/C26H22ClN5O2/c27-20-12-17(34-16-4-2-1-3-5-16)6-7-18(20)24(33)19-13-29-26-22(19)23-21(14-30-26)31-25(32-23)15-8-10-28-11-9-15/h1-7,12-15,28H,8-11H2,(H,29,30)(H,31,32). The molecule has 5 aromatic rings. The molecule has 0 saturated carbocycles. The van der Waals surface area contributed by atoms with E-state index in [1.807, 2.05) is 30.3 Å². The Kier molecular flexibility index (Phi) is 5.28. The molecule has 1 fully saturated rings. The summed E-state index contributed by atoms with van der Waals surface area (Å²) in [4.78, 5) is 29.5. The fourth-order valence-corrected chi connectivity index (χ4v) is 4.81. The molecule has 1 aliphatic heterocycles. The molecule has 170 valence electrons. The molecule has 0 unspecified atom stereocenters. The third-order valence-corrected chi connectivity index (χ3v) is 6.62. The smallest absolute Gasteiger partial charge is 0.196 e. The number of H-pyrrole nitrogens is 2. The van der Waals surface area contributed by atoms with E-state index >= 15 is 0 Å². The van der Waals surface area contributed by atoms with Crippen molar-refractivity contribution in [2.75, 3.05) is 13.1 Å². The number of aromatic amines is 2. The van der Waals surface area contributed by atoms with Gasteiger partial charge in [0.05, 0.1) is 27.7 Å². The minimum atomic E-state index is -0.191. The molecule has 0 bridgehead atoms. The Labute approximate surface area is 200 Å². The summed E-state index contributed by atoms with van der Waals surface area (Å²) in [7, 11) is 0. The van der Waals surface area contributed by atoms with Gasteiger partial charge in [0.15, 0.2) is 5.78 Å². The van der Waals surface area contributed by atoms with Gasteiger partial charge in [-0.15, -0.1) is 0 Å². The van der Waals surface area contributed by atoms with E-state index in [0.717, 1.165) is 42.8 Å². The van der Waals surface area contributed by atoms with Crippen molar-refractivity contribution in [3.63, 3.8) is 0 Å². The van der Waals surface area contributed by atoms with Crippen molar-refractivity contribution in [3.8, 4) is 11.5 Å². The average molecular weight is 472 g/mol. The first-order chi connectivity index (χ1) is 16.7. The first-order valence-electron chi connectivity index (χ1n) is 11.3. The van der Waals surface area contributed by atoms with E-state index in [-0.39, 0.29) is 5.78 Å². The molecule has 4 heterocycles. The number of pyridine rings is 1. The molecule has 6 rings (SSSR count). The van der Waals surface area contributed by atoms with E-state index in [2.05, 4.69) is 20.3 Å². The molecule has 0 radical (unpaired) electrons. The lowest BCUT2D eigenvalue weighted by molar-refractivity contribution is 0.104. The van der Waals surface area contributed by atoms with Crippen LogP contribution in [0.3, 0.4) is 0 Å². The Balaban J connectivity index is 1.36. The highest BCUT2D eigenvalue weighted by Crippen LogP contribution is 2.33. The maximum absolute atomic E-state index is 13.5. The molecule has 3 aromatic heterocycles. The number of rotatable bonds is 5. The highest BCUT2D eigenvalue weighted by molar-refractivity contribution is 6.36. The number of ether oxygens (including phenoxy) is 1. The quantitative estimate of drug-likeness (QED) is 0.291. The van der Waals surface area contributed by atoms with Crippen LogP contribution in [-0.4, -0.2) is 38.8 Å². The molecule has 8 heteroatoms. The van der Waals surface area contributed by atoms with Gasteiger partial charge in [0.25, 0.3) is 0 Å². The molecule has 0 amide bonds. The highest BCUT2D eigenvalue weighted by Gasteiger charge is 2.23. The Morgan fingerprint density at radius 2 is 1.85 bits per heavy atom. The van der Waals surface area contributed by atoms with Gasteiger partial charge in [-0.05, 0) is 50.2 Å². The first kappa shape index (κ1) is 20.9. The van der Waals surface area contributed by atoms with E-state index in [1.165, 1.54) is 0 Å². The summed E-state index contributed by atoms with van der Waals surface area (Å²) in [6, 6.07) is 14.5. The predicted octanol–water partition coefficient (Wildman–Crippen LogP) is 5.58. The number of aromatic nitrogens is 4. The molecule has 1 saturated heterocycles. The lowest BCUT2D eigenvalue weighted by atomic mass is 9.98. The number of halogens is 1. The summed E-state index contributed by atoms with van der Waals surface area (Å²) in [6.45, 7) is 1.96. The van der Waals surface area contributed by atoms with Crippen LogP contribution in [0.5, 0.6) is 11.5 Å². The van der Waals surface area contributed by atoms with Crippen molar-refractivity contribution >= 4 is 39.5 Å². The number of ketones is 1. The summed E-state index contributed by atoms with van der Waals surface area (Å²) >= 11 is 6.53. The lowest BCUT2D eigenvalue weighted by Gasteiger charge is -2.20. The van der Waals surface area contributed by atoms with Crippen LogP contribution in [0.25, 0.3) is 22.1 Å². The number of hydrogen-bond acceptors (Lipinski definition) is 5. The first-order valence-corrected chi connectivity index (χ1v) is 11.7. The summed E-state index contributed by atoms with van der Waals surface area (Å²) in [6.07, 6.45) is 5.51. The number of imidazole rings is 1. The number of fused-ring (bicyclic) bond motifs is 3. The molecule has 2 aromatic carbocycles. The number of benzene rings is 2. The van der Waals surface area contributed by atoms with Gasteiger partial charge in [-0.3, -0.25) is 4.79 Å². The van der Waals surface area contributed by atoms with Crippen LogP contribution in [0.4, 0.5) is 0 Å². The monoisotopic (exact) mass is 471 g/mol. The van der Waals surface area contributed by atoms with Crippen LogP contribution in [0, 0.1) is 0 Å². The predicted molar refractivity (Wildman–Crippen MR) is 132 cm³/mol. The highest BCUT2D eigenvalue weighted by atomic mass is 35.5. The van der Waals surface area contributed by atoms with Crippen LogP contribution >= 0.6 is 11.6 Å². The fraction of sp³-hybridized carbons (Fsp3) is 0.192. The molecular weight excluding hydrogens is 450 g/mol. The van der Waals surface area contributed by atoms with Crippen molar-refractivity contribution in [2.24, 2.45) is 0 Å². The average Bonchev–Trinajstić information content (AvgIpc) is 3.49. The minimum Gasteiger partial charge on any atom is -0.457 e. The zero-order valence-electron chi connectivity index (χ0n) is 18.3. The number of piperidine rings is 1. The molecule has 1 aliphatic rings. The third kappa shape index (κ3) is 3.73. The molecule has 7 nitrogen and oxygen atoms in total. The van der Waals surface area contributed by atoms with Crippen molar-refractivity contribution in [1.29, 1.82) is 0 Å². The topological polar surface area (TPSA) is 95.7 Å². The van der Waals surface area contributed by atoms with Crippen LogP contribution in [0.2, 0.25) is 5.02 Å². The maximum Gasteiger partial charge on any atom is 0.196 e. The number of hydrogen-bond donors (Lipinski definition) is 3. The number of carbonyl (C=O) groups is 1. The second kappa shape index (κ2) is 8.59. The largest absolute Gasteiger partial charge is 0.457 e. The zero-order chi connectivity index (χ0) is 23.1. The van der Waals surface area contributed by atoms with Gasteiger partial charge in [-0.25, -0.2) is 9.97 Å². The second-order valence-corrected chi connectivity index (χ2v) is 8.89. The van der Waals surface area contributed by atoms with Gasteiger partial charge >= 0.3 is 0 Å². The Morgan fingerprint density at radius 3 is 2.65 bits per heavy atom.